The minimum Gasteiger partial charge on any atom is -0.372 e. The van der Waals surface area contributed by atoms with Gasteiger partial charge in [0.1, 0.15) is 6.61 Å². The van der Waals surface area contributed by atoms with E-state index in [1.807, 2.05) is 32.0 Å². The van der Waals surface area contributed by atoms with Gasteiger partial charge >= 0.3 is 0 Å². The summed E-state index contributed by atoms with van der Waals surface area (Å²) >= 11 is 0. The Hall–Kier alpha value is -1.44. The third-order valence-electron chi connectivity index (χ3n) is 3.76. The van der Waals surface area contributed by atoms with Gasteiger partial charge in [-0.3, -0.25) is 4.79 Å². The molecule has 6 nitrogen and oxygen atoms in total. The van der Waals surface area contributed by atoms with Gasteiger partial charge in [-0.15, -0.1) is 0 Å². The molecule has 1 aromatic rings. The van der Waals surface area contributed by atoms with Gasteiger partial charge in [-0.1, -0.05) is 13.0 Å². The molecule has 0 bridgehead atoms. The Kier molecular flexibility index (Phi) is 6.15. The maximum Gasteiger partial charge on any atom is 0.250 e. The number of benzene rings is 1. The molecule has 0 saturated heterocycles. The highest BCUT2D eigenvalue weighted by molar-refractivity contribution is 7.89. The molecule has 0 atom stereocenters. The number of rotatable bonds is 7. The fourth-order valence-electron chi connectivity index (χ4n) is 2.63. The molecule has 0 spiro atoms. The average molecular weight is 340 g/mol. The summed E-state index contributed by atoms with van der Waals surface area (Å²) < 4.78 is 31.0. The van der Waals surface area contributed by atoms with Gasteiger partial charge in [0.05, 0.1) is 5.75 Å². The van der Waals surface area contributed by atoms with Crippen molar-refractivity contribution >= 4 is 21.6 Å². The van der Waals surface area contributed by atoms with E-state index in [0.717, 1.165) is 11.1 Å². The van der Waals surface area contributed by atoms with E-state index in [4.69, 9.17) is 4.74 Å². The molecule has 7 heteroatoms. The van der Waals surface area contributed by atoms with Crippen molar-refractivity contribution in [1.29, 1.82) is 0 Å². The first-order valence-corrected chi connectivity index (χ1v) is 9.54. The third-order valence-corrected chi connectivity index (χ3v) is 5.78. The van der Waals surface area contributed by atoms with Crippen molar-refractivity contribution in [3.05, 3.63) is 29.3 Å². The van der Waals surface area contributed by atoms with Crippen LogP contribution in [0.15, 0.2) is 18.2 Å². The number of sulfonamides is 1. The molecule has 2 rings (SSSR count). The molecular formula is C16H24N2O4S. The summed E-state index contributed by atoms with van der Waals surface area (Å²) in [5.74, 6) is -0.0364. The van der Waals surface area contributed by atoms with Crippen LogP contribution < -0.4 is 5.32 Å². The van der Waals surface area contributed by atoms with Crippen molar-refractivity contribution < 1.29 is 17.9 Å². The summed E-state index contributed by atoms with van der Waals surface area (Å²) in [6, 6.07) is 5.65. The van der Waals surface area contributed by atoms with Crippen LogP contribution in [0.2, 0.25) is 0 Å². The molecule has 0 fully saturated rings. The largest absolute Gasteiger partial charge is 0.372 e. The van der Waals surface area contributed by atoms with E-state index in [2.05, 4.69) is 5.32 Å². The number of carbonyl (C=O) groups is 1. The van der Waals surface area contributed by atoms with Crippen LogP contribution in [0.4, 0.5) is 5.69 Å². The normalized spacial score (nSPS) is 15.2. The Labute approximate surface area is 137 Å². The second kappa shape index (κ2) is 7.90. The molecule has 0 saturated carbocycles. The van der Waals surface area contributed by atoms with Gasteiger partial charge in [0.2, 0.25) is 15.9 Å². The van der Waals surface area contributed by atoms with Gasteiger partial charge in [-0.25, -0.2) is 8.42 Å². The fraction of sp³-hybridized carbons (Fsp3) is 0.562. The molecular weight excluding hydrogens is 316 g/mol. The number of nitrogens with one attached hydrogen (secondary N) is 1. The van der Waals surface area contributed by atoms with E-state index in [9.17, 15) is 13.2 Å². The van der Waals surface area contributed by atoms with Gasteiger partial charge in [0.15, 0.2) is 0 Å². The number of carbonyl (C=O) groups excluding carboxylic acids is 1. The van der Waals surface area contributed by atoms with E-state index in [-0.39, 0.29) is 18.3 Å². The number of hydrogen-bond donors (Lipinski definition) is 1. The van der Waals surface area contributed by atoms with Gasteiger partial charge in [-0.2, -0.15) is 4.31 Å². The maximum absolute atomic E-state index is 12.2. The topological polar surface area (TPSA) is 75.7 Å². The fourth-order valence-corrected chi connectivity index (χ4v) is 4.10. The Bertz CT molecular complexity index is 658. The van der Waals surface area contributed by atoms with E-state index >= 15 is 0 Å². The zero-order chi connectivity index (χ0) is 16.9. The molecule has 1 aliphatic heterocycles. The quantitative estimate of drug-likeness (QED) is 0.821. The zero-order valence-corrected chi connectivity index (χ0v) is 14.5. The molecule has 1 N–H and O–H groups in total. The predicted octanol–water partition coefficient (Wildman–Crippen LogP) is 1.76. The maximum atomic E-state index is 12.2. The summed E-state index contributed by atoms with van der Waals surface area (Å²) in [4.78, 5) is 11.7. The lowest BCUT2D eigenvalue weighted by Gasteiger charge is -2.28. The first-order valence-electron chi connectivity index (χ1n) is 7.93. The summed E-state index contributed by atoms with van der Waals surface area (Å²) in [5, 5.41) is 2.77. The molecule has 1 amide bonds. The molecule has 1 aromatic carbocycles. The Morgan fingerprint density at radius 3 is 2.78 bits per heavy atom. The molecule has 23 heavy (non-hydrogen) atoms. The molecule has 1 aliphatic rings. The summed E-state index contributed by atoms with van der Waals surface area (Å²) in [7, 11) is -3.20. The van der Waals surface area contributed by atoms with Crippen molar-refractivity contribution in [2.45, 2.75) is 33.2 Å². The standard InChI is InChI=1S/C16H24N2O4S/c1-3-9-23(20,21)18-8-7-13-5-6-15(10-14(13)11-18)17-16(19)12-22-4-2/h5-6,10H,3-4,7-9,11-12H2,1-2H3,(H,17,19). The molecule has 0 aromatic heterocycles. The van der Waals surface area contributed by atoms with Crippen molar-refractivity contribution in [3.8, 4) is 0 Å². The molecule has 0 radical (unpaired) electrons. The van der Waals surface area contributed by atoms with Crippen molar-refractivity contribution in [3.63, 3.8) is 0 Å². The van der Waals surface area contributed by atoms with Crippen LogP contribution in [0.3, 0.4) is 0 Å². The van der Waals surface area contributed by atoms with Crippen LogP contribution in [0.1, 0.15) is 31.4 Å². The number of fused-ring (bicyclic) bond motifs is 1. The van der Waals surface area contributed by atoms with E-state index in [0.29, 0.717) is 38.2 Å². The monoisotopic (exact) mass is 340 g/mol. The minimum atomic E-state index is -3.20. The predicted molar refractivity (Wildman–Crippen MR) is 89.8 cm³/mol. The smallest absolute Gasteiger partial charge is 0.250 e. The second-order valence-corrected chi connectivity index (χ2v) is 7.66. The molecule has 0 aliphatic carbocycles. The zero-order valence-electron chi connectivity index (χ0n) is 13.7. The van der Waals surface area contributed by atoms with Gasteiger partial charge in [0, 0.05) is 25.4 Å². The van der Waals surface area contributed by atoms with Crippen LogP contribution in [0, 0.1) is 0 Å². The van der Waals surface area contributed by atoms with Crippen LogP contribution in [0.25, 0.3) is 0 Å². The lowest BCUT2D eigenvalue weighted by Crippen LogP contribution is -2.37. The number of nitrogens with zero attached hydrogens (tertiary/aromatic N) is 1. The third kappa shape index (κ3) is 4.76. The lowest BCUT2D eigenvalue weighted by atomic mass is 10.0. The number of anilines is 1. The Morgan fingerprint density at radius 2 is 2.09 bits per heavy atom. The number of amides is 1. The van der Waals surface area contributed by atoms with Crippen LogP contribution in [0.5, 0.6) is 0 Å². The number of hydrogen-bond acceptors (Lipinski definition) is 4. The van der Waals surface area contributed by atoms with Crippen molar-refractivity contribution in [2.24, 2.45) is 0 Å². The molecule has 128 valence electrons. The highest BCUT2D eigenvalue weighted by Gasteiger charge is 2.26. The van der Waals surface area contributed by atoms with Crippen LogP contribution >= 0.6 is 0 Å². The summed E-state index contributed by atoms with van der Waals surface area (Å²) in [6.07, 6.45) is 1.31. The average Bonchev–Trinajstić information content (AvgIpc) is 2.52. The van der Waals surface area contributed by atoms with E-state index in [1.165, 1.54) is 4.31 Å². The Morgan fingerprint density at radius 1 is 1.30 bits per heavy atom. The first-order chi connectivity index (χ1) is 11.0. The van der Waals surface area contributed by atoms with E-state index < -0.39 is 10.0 Å². The molecule has 0 unspecified atom stereocenters. The van der Waals surface area contributed by atoms with Gasteiger partial charge < -0.3 is 10.1 Å². The highest BCUT2D eigenvalue weighted by atomic mass is 32.2. The highest BCUT2D eigenvalue weighted by Crippen LogP contribution is 2.24. The number of ether oxygens (including phenoxy) is 1. The first kappa shape index (κ1) is 17.9. The van der Waals surface area contributed by atoms with E-state index in [1.54, 1.807) is 0 Å². The molecule has 1 heterocycles. The summed E-state index contributed by atoms with van der Waals surface area (Å²) in [6.45, 7) is 5.09. The van der Waals surface area contributed by atoms with Gasteiger partial charge in [-0.05, 0) is 43.0 Å². The minimum absolute atomic E-state index is 0.0184. The van der Waals surface area contributed by atoms with Crippen LogP contribution in [-0.4, -0.2) is 44.1 Å². The van der Waals surface area contributed by atoms with Crippen LogP contribution in [-0.2, 0) is 32.5 Å². The SMILES string of the molecule is CCCS(=O)(=O)N1CCc2ccc(NC(=O)COCC)cc2C1. The van der Waals surface area contributed by atoms with Gasteiger partial charge in [0.25, 0.3) is 0 Å². The Balaban J connectivity index is 2.09. The summed E-state index contributed by atoms with van der Waals surface area (Å²) in [5.41, 5.74) is 2.75. The van der Waals surface area contributed by atoms with Crippen molar-refractivity contribution in [1.82, 2.24) is 4.31 Å². The van der Waals surface area contributed by atoms with Crippen molar-refractivity contribution in [2.75, 3.05) is 30.8 Å². The second-order valence-electron chi connectivity index (χ2n) is 5.57. The lowest BCUT2D eigenvalue weighted by molar-refractivity contribution is -0.120.